The van der Waals surface area contributed by atoms with Crippen LogP contribution in [0.15, 0.2) is 12.2 Å². The molecule has 0 heterocycles. The quantitative estimate of drug-likeness (QED) is 0.0688. The van der Waals surface area contributed by atoms with E-state index in [4.69, 9.17) is 0 Å². The second kappa shape index (κ2) is 33.7. The monoisotopic (exact) mass is 520 g/mol. The van der Waals surface area contributed by atoms with E-state index in [1.165, 1.54) is 193 Å². The van der Waals surface area contributed by atoms with E-state index in [2.05, 4.69) is 38.4 Å². The molecule has 222 valence electrons. The highest BCUT2D eigenvalue weighted by atomic mass is 14.9. The predicted molar refractivity (Wildman–Crippen MR) is 172 cm³/mol. The molecule has 0 fully saturated rings. The van der Waals surface area contributed by atoms with Crippen molar-refractivity contribution in [2.75, 3.05) is 7.05 Å². The first-order chi connectivity index (χ1) is 18.3. The van der Waals surface area contributed by atoms with Gasteiger partial charge >= 0.3 is 0 Å². The SMILES string of the molecule is CCCCCCCCCC/C=C/CCCCC(CCCCCCCCCCCCCCCCCC)NC. The maximum Gasteiger partial charge on any atom is 0.00640 e. The molecule has 0 aromatic carbocycles. The van der Waals surface area contributed by atoms with Crippen LogP contribution in [-0.2, 0) is 0 Å². The van der Waals surface area contributed by atoms with Crippen LogP contribution in [0, 0.1) is 0 Å². The van der Waals surface area contributed by atoms with Crippen LogP contribution in [0.3, 0.4) is 0 Å². The molecule has 1 nitrogen and oxygen atoms in total. The molecule has 1 heteroatoms. The lowest BCUT2D eigenvalue weighted by atomic mass is 10.0. The van der Waals surface area contributed by atoms with E-state index in [9.17, 15) is 0 Å². The molecule has 0 aromatic heterocycles. The van der Waals surface area contributed by atoms with Crippen LogP contribution in [0.1, 0.15) is 206 Å². The third-order valence-electron chi connectivity index (χ3n) is 8.38. The van der Waals surface area contributed by atoms with Crippen molar-refractivity contribution in [2.24, 2.45) is 0 Å². The van der Waals surface area contributed by atoms with Crippen molar-refractivity contribution in [3.8, 4) is 0 Å². The highest BCUT2D eigenvalue weighted by Gasteiger charge is 2.05. The van der Waals surface area contributed by atoms with Crippen LogP contribution in [0.4, 0.5) is 0 Å². The minimum absolute atomic E-state index is 0.743. The fraction of sp³-hybridized carbons (Fsp3) is 0.944. The van der Waals surface area contributed by atoms with Crippen molar-refractivity contribution in [3.05, 3.63) is 12.2 Å². The van der Waals surface area contributed by atoms with Gasteiger partial charge in [0.1, 0.15) is 0 Å². The van der Waals surface area contributed by atoms with Crippen molar-refractivity contribution in [2.45, 2.75) is 213 Å². The van der Waals surface area contributed by atoms with Gasteiger partial charge in [-0.15, -0.1) is 0 Å². The van der Waals surface area contributed by atoms with E-state index in [0.29, 0.717) is 0 Å². The van der Waals surface area contributed by atoms with Gasteiger partial charge in [-0.2, -0.15) is 0 Å². The molecule has 0 aromatic rings. The highest BCUT2D eigenvalue weighted by Crippen LogP contribution is 2.16. The smallest absolute Gasteiger partial charge is 0.00640 e. The Morgan fingerprint density at radius 3 is 1.00 bits per heavy atom. The molecule has 0 saturated carbocycles. The van der Waals surface area contributed by atoms with E-state index in [-0.39, 0.29) is 0 Å². The standard InChI is InChI=1S/C36H73N/c1-4-6-8-10-12-14-16-18-20-21-23-25-27-29-31-33-35-36(37-3)34-32-30-28-26-24-22-19-17-15-13-11-9-7-5-2/h24,26,36-37H,4-23,25,27-35H2,1-3H3/b26-24+. The minimum atomic E-state index is 0.743. The van der Waals surface area contributed by atoms with Crippen LogP contribution >= 0.6 is 0 Å². The van der Waals surface area contributed by atoms with Gasteiger partial charge in [-0.05, 0) is 45.6 Å². The summed E-state index contributed by atoms with van der Waals surface area (Å²) in [4.78, 5) is 0. The maximum absolute atomic E-state index is 3.58. The molecule has 1 atom stereocenters. The molecule has 0 aliphatic carbocycles. The Morgan fingerprint density at radius 1 is 0.378 bits per heavy atom. The normalized spacial score (nSPS) is 12.6. The third kappa shape index (κ3) is 31.8. The van der Waals surface area contributed by atoms with Crippen molar-refractivity contribution in [3.63, 3.8) is 0 Å². The van der Waals surface area contributed by atoms with Gasteiger partial charge in [0.15, 0.2) is 0 Å². The van der Waals surface area contributed by atoms with Gasteiger partial charge in [-0.1, -0.05) is 180 Å². The molecular weight excluding hydrogens is 446 g/mol. The van der Waals surface area contributed by atoms with E-state index >= 15 is 0 Å². The molecule has 0 saturated heterocycles. The summed E-state index contributed by atoms with van der Waals surface area (Å²) in [7, 11) is 2.17. The molecule has 0 aliphatic rings. The summed E-state index contributed by atoms with van der Waals surface area (Å²) in [6.07, 6.45) is 47.7. The Labute approximate surface area is 236 Å². The lowest BCUT2D eigenvalue weighted by molar-refractivity contribution is 0.441. The zero-order valence-corrected chi connectivity index (χ0v) is 26.4. The Morgan fingerprint density at radius 2 is 0.649 bits per heavy atom. The lowest BCUT2D eigenvalue weighted by Gasteiger charge is -2.15. The van der Waals surface area contributed by atoms with Gasteiger partial charge in [0.25, 0.3) is 0 Å². The summed E-state index contributed by atoms with van der Waals surface area (Å²) in [6, 6.07) is 0.743. The molecule has 0 aliphatic heterocycles. The summed E-state index contributed by atoms with van der Waals surface area (Å²) in [5.74, 6) is 0. The van der Waals surface area contributed by atoms with Crippen LogP contribution in [0.25, 0.3) is 0 Å². The Hall–Kier alpha value is -0.300. The van der Waals surface area contributed by atoms with Crippen LogP contribution in [0.5, 0.6) is 0 Å². The van der Waals surface area contributed by atoms with Gasteiger partial charge in [0, 0.05) is 6.04 Å². The minimum Gasteiger partial charge on any atom is -0.317 e. The second-order valence-corrected chi connectivity index (χ2v) is 12.1. The summed E-state index contributed by atoms with van der Waals surface area (Å²) >= 11 is 0. The van der Waals surface area contributed by atoms with Crippen molar-refractivity contribution in [1.82, 2.24) is 5.32 Å². The fourth-order valence-electron chi connectivity index (χ4n) is 5.66. The van der Waals surface area contributed by atoms with E-state index in [1.807, 2.05) is 0 Å². The van der Waals surface area contributed by atoms with Crippen LogP contribution in [0.2, 0.25) is 0 Å². The number of hydrogen-bond donors (Lipinski definition) is 1. The van der Waals surface area contributed by atoms with Crippen LogP contribution < -0.4 is 5.32 Å². The predicted octanol–water partition coefficient (Wildman–Crippen LogP) is 12.9. The zero-order chi connectivity index (χ0) is 26.9. The van der Waals surface area contributed by atoms with Gasteiger partial charge in [0.2, 0.25) is 0 Å². The number of hydrogen-bond acceptors (Lipinski definition) is 1. The third-order valence-corrected chi connectivity index (χ3v) is 8.38. The first-order valence-electron chi connectivity index (χ1n) is 17.7. The summed E-state index contributed by atoms with van der Waals surface area (Å²) in [5.41, 5.74) is 0. The van der Waals surface area contributed by atoms with Crippen molar-refractivity contribution in [1.29, 1.82) is 0 Å². The second-order valence-electron chi connectivity index (χ2n) is 12.1. The fourth-order valence-corrected chi connectivity index (χ4v) is 5.66. The van der Waals surface area contributed by atoms with Crippen molar-refractivity contribution >= 4 is 0 Å². The molecule has 0 amide bonds. The number of nitrogens with one attached hydrogen (secondary N) is 1. The van der Waals surface area contributed by atoms with Gasteiger partial charge < -0.3 is 5.32 Å². The van der Waals surface area contributed by atoms with Gasteiger partial charge in [-0.3, -0.25) is 0 Å². The van der Waals surface area contributed by atoms with Gasteiger partial charge in [0.05, 0.1) is 0 Å². The Bertz CT molecular complexity index is 415. The van der Waals surface area contributed by atoms with E-state index in [0.717, 1.165) is 6.04 Å². The Balaban J connectivity index is 3.31. The van der Waals surface area contributed by atoms with E-state index in [1.54, 1.807) is 0 Å². The van der Waals surface area contributed by atoms with E-state index < -0.39 is 0 Å². The first kappa shape index (κ1) is 36.7. The highest BCUT2D eigenvalue weighted by molar-refractivity contribution is 4.81. The number of allylic oxidation sites excluding steroid dienone is 2. The lowest BCUT2D eigenvalue weighted by Crippen LogP contribution is -2.24. The summed E-state index contributed by atoms with van der Waals surface area (Å²) in [6.45, 7) is 4.60. The largest absolute Gasteiger partial charge is 0.317 e. The molecule has 0 radical (unpaired) electrons. The molecule has 0 spiro atoms. The summed E-state index contributed by atoms with van der Waals surface area (Å²) < 4.78 is 0. The topological polar surface area (TPSA) is 12.0 Å². The number of unbranched alkanes of at least 4 members (excludes halogenated alkanes) is 25. The average Bonchev–Trinajstić information content (AvgIpc) is 2.91. The molecule has 0 bridgehead atoms. The molecule has 37 heavy (non-hydrogen) atoms. The number of rotatable bonds is 32. The maximum atomic E-state index is 3.58. The van der Waals surface area contributed by atoms with Crippen molar-refractivity contribution < 1.29 is 0 Å². The molecule has 1 unspecified atom stereocenters. The van der Waals surface area contributed by atoms with Crippen LogP contribution in [-0.4, -0.2) is 13.1 Å². The summed E-state index contributed by atoms with van der Waals surface area (Å²) in [5, 5.41) is 3.58. The molecular formula is C36H73N. The molecule has 1 N–H and O–H groups in total. The Kier molecular flexibility index (Phi) is 33.5. The first-order valence-corrected chi connectivity index (χ1v) is 17.7. The molecule has 0 rings (SSSR count). The average molecular weight is 520 g/mol. The van der Waals surface area contributed by atoms with Gasteiger partial charge in [-0.25, -0.2) is 0 Å². The zero-order valence-electron chi connectivity index (χ0n) is 26.4.